The predicted octanol–water partition coefficient (Wildman–Crippen LogP) is 3.91. The molecule has 0 aromatic heterocycles. The van der Waals surface area contributed by atoms with Crippen LogP contribution in [-0.2, 0) is 11.3 Å². The Bertz CT molecular complexity index is 834. The maximum absolute atomic E-state index is 12.1. The zero-order chi connectivity index (χ0) is 19.9. The maximum Gasteiger partial charge on any atom is 0.254 e. The fraction of sp³-hybridized carbons (Fsp3) is 0.300. The molecule has 0 atom stereocenters. The third kappa shape index (κ3) is 6.47. The monoisotopic (exact) mass is 438 g/mol. The van der Waals surface area contributed by atoms with E-state index in [0.717, 1.165) is 43.3 Å². The lowest BCUT2D eigenvalue weighted by Crippen LogP contribution is -2.48. The molecule has 1 fully saturated rings. The molecule has 3 rings (SSSR count). The number of halogens is 3. The number of benzene rings is 2. The zero-order valence-corrected chi connectivity index (χ0v) is 17.5. The first kappa shape index (κ1) is 21.1. The van der Waals surface area contributed by atoms with E-state index in [2.05, 4.69) is 20.3 Å². The molecule has 1 N–H and O–H groups in total. The van der Waals surface area contributed by atoms with Gasteiger partial charge in [0.2, 0.25) is 0 Å². The molecule has 1 amide bonds. The largest absolute Gasteiger partial charge is 0.297 e. The van der Waals surface area contributed by atoms with E-state index in [1.807, 2.05) is 24.3 Å². The van der Waals surface area contributed by atoms with Crippen LogP contribution in [0.4, 0.5) is 0 Å². The van der Waals surface area contributed by atoms with Crippen molar-refractivity contribution in [2.45, 2.75) is 6.54 Å². The fourth-order valence-electron chi connectivity index (χ4n) is 2.96. The van der Waals surface area contributed by atoms with Crippen LogP contribution in [0.25, 0.3) is 0 Å². The Kier molecular flexibility index (Phi) is 7.71. The standard InChI is InChI=1S/C20H21Cl3N4O/c21-17-4-1-15(2-5-17)13-26-7-9-27(10-8-26)14-20(28)25-24-12-16-3-6-18(22)19(23)11-16/h1-6,11-12H,7-10,13-14H2,(H,25,28)/b24-12-. The first-order valence-corrected chi connectivity index (χ1v) is 10.1. The van der Waals surface area contributed by atoms with Gasteiger partial charge in [-0.25, -0.2) is 5.43 Å². The van der Waals surface area contributed by atoms with Gasteiger partial charge in [0, 0.05) is 37.7 Å². The van der Waals surface area contributed by atoms with Gasteiger partial charge < -0.3 is 0 Å². The molecule has 1 aliphatic rings. The van der Waals surface area contributed by atoms with Crippen molar-refractivity contribution in [3.05, 3.63) is 68.7 Å². The third-order valence-corrected chi connectivity index (χ3v) is 5.49. The predicted molar refractivity (Wildman–Crippen MR) is 115 cm³/mol. The molecule has 0 aliphatic carbocycles. The Morgan fingerprint density at radius 3 is 2.32 bits per heavy atom. The molecule has 0 unspecified atom stereocenters. The van der Waals surface area contributed by atoms with Crippen LogP contribution in [0.2, 0.25) is 15.1 Å². The molecule has 0 radical (unpaired) electrons. The van der Waals surface area contributed by atoms with E-state index in [-0.39, 0.29) is 5.91 Å². The summed E-state index contributed by atoms with van der Waals surface area (Å²) in [5.74, 6) is -0.137. The van der Waals surface area contributed by atoms with Crippen LogP contribution in [0.3, 0.4) is 0 Å². The third-order valence-electron chi connectivity index (χ3n) is 4.50. The molecule has 148 valence electrons. The molecule has 1 heterocycles. The SMILES string of the molecule is O=C(CN1CCN(Cc2ccc(Cl)cc2)CC1)N/N=C\c1ccc(Cl)c(Cl)c1. The highest BCUT2D eigenvalue weighted by atomic mass is 35.5. The summed E-state index contributed by atoms with van der Waals surface area (Å²) < 4.78 is 0. The lowest BCUT2D eigenvalue weighted by atomic mass is 10.2. The number of nitrogens with one attached hydrogen (secondary N) is 1. The van der Waals surface area contributed by atoms with Gasteiger partial charge in [0.05, 0.1) is 22.8 Å². The average molecular weight is 440 g/mol. The summed E-state index contributed by atoms with van der Waals surface area (Å²) in [6.07, 6.45) is 1.55. The maximum atomic E-state index is 12.1. The van der Waals surface area contributed by atoms with E-state index >= 15 is 0 Å². The molecule has 28 heavy (non-hydrogen) atoms. The van der Waals surface area contributed by atoms with Crippen LogP contribution in [0, 0.1) is 0 Å². The van der Waals surface area contributed by atoms with Crippen molar-refractivity contribution in [2.75, 3.05) is 32.7 Å². The van der Waals surface area contributed by atoms with Crippen molar-refractivity contribution in [2.24, 2.45) is 5.10 Å². The number of amides is 1. The van der Waals surface area contributed by atoms with Gasteiger partial charge in [-0.2, -0.15) is 5.10 Å². The van der Waals surface area contributed by atoms with Gasteiger partial charge >= 0.3 is 0 Å². The summed E-state index contributed by atoms with van der Waals surface area (Å²) in [4.78, 5) is 16.6. The molecule has 5 nitrogen and oxygen atoms in total. The molecular formula is C20H21Cl3N4O. The normalized spacial score (nSPS) is 15.8. The van der Waals surface area contributed by atoms with Crippen molar-refractivity contribution in [3.8, 4) is 0 Å². The van der Waals surface area contributed by atoms with Gasteiger partial charge in [0.15, 0.2) is 0 Å². The van der Waals surface area contributed by atoms with E-state index < -0.39 is 0 Å². The minimum absolute atomic E-state index is 0.137. The summed E-state index contributed by atoms with van der Waals surface area (Å²) in [5, 5.41) is 5.67. The molecule has 2 aromatic rings. The molecule has 2 aromatic carbocycles. The van der Waals surface area contributed by atoms with Gasteiger partial charge in [-0.3, -0.25) is 14.6 Å². The number of hydrazone groups is 1. The van der Waals surface area contributed by atoms with Crippen molar-refractivity contribution >= 4 is 46.9 Å². The molecule has 1 saturated heterocycles. The first-order chi connectivity index (χ1) is 13.5. The Morgan fingerprint density at radius 1 is 0.964 bits per heavy atom. The Labute approximate surface area is 179 Å². The minimum atomic E-state index is -0.137. The first-order valence-electron chi connectivity index (χ1n) is 8.96. The van der Waals surface area contributed by atoms with Gasteiger partial charge in [-0.05, 0) is 35.4 Å². The molecule has 8 heteroatoms. The highest BCUT2D eigenvalue weighted by Gasteiger charge is 2.18. The van der Waals surface area contributed by atoms with Gasteiger partial charge in [-0.1, -0.05) is 53.0 Å². The number of carbonyl (C=O) groups excluding carboxylic acids is 1. The number of hydrogen-bond donors (Lipinski definition) is 1. The Morgan fingerprint density at radius 2 is 1.64 bits per heavy atom. The summed E-state index contributed by atoms with van der Waals surface area (Å²) in [6, 6.07) is 13.1. The molecule has 1 aliphatic heterocycles. The summed E-state index contributed by atoms with van der Waals surface area (Å²) in [6.45, 7) is 4.75. The Balaban J connectivity index is 1.39. The highest BCUT2D eigenvalue weighted by Crippen LogP contribution is 2.21. The summed E-state index contributed by atoms with van der Waals surface area (Å²) in [7, 11) is 0. The van der Waals surface area contributed by atoms with Crippen LogP contribution < -0.4 is 5.43 Å². The van der Waals surface area contributed by atoms with Crippen molar-refractivity contribution in [1.82, 2.24) is 15.2 Å². The number of piperazine rings is 1. The van der Waals surface area contributed by atoms with Crippen molar-refractivity contribution < 1.29 is 4.79 Å². The number of nitrogens with zero attached hydrogens (tertiary/aromatic N) is 3. The minimum Gasteiger partial charge on any atom is -0.297 e. The number of carbonyl (C=O) groups is 1. The smallest absolute Gasteiger partial charge is 0.254 e. The van der Waals surface area contributed by atoms with Crippen LogP contribution >= 0.6 is 34.8 Å². The van der Waals surface area contributed by atoms with Crippen molar-refractivity contribution in [3.63, 3.8) is 0 Å². The highest BCUT2D eigenvalue weighted by molar-refractivity contribution is 6.42. The fourth-order valence-corrected chi connectivity index (χ4v) is 3.40. The second-order valence-electron chi connectivity index (χ2n) is 6.65. The molecular weight excluding hydrogens is 419 g/mol. The summed E-state index contributed by atoms with van der Waals surface area (Å²) >= 11 is 17.8. The van der Waals surface area contributed by atoms with Gasteiger partial charge in [0.25, 0.3) is 5.91 Å². The number of hydrogen-bond acceptors (Lipinski definition) is 4. The number of rotatable bonds is 6. The Hall–Kier alpha value is -1.63. The molecule has 0 saturated carbocycles. The average Bonchev–Trinajstić information content (AvgIpc) is 2.68. The molecule has 0 bridgehead atoms. The second-order valence-corrected chi connectivity index (χ2v) is 7.90. The van der Waals surface area contributed by atoms with Crippen LogP contribution in [0.15, 0.2) is 47.6 Å². The van der Waals surface area contributed by atoms with E-state index in [0.29, 0.717) is 16.6 Å². The van der Waals surface area contributed by atoms with Crippen molar-refractivity contribution in [1.29, 1.82) is 0 Å². The lowest BCUT2D eigenvalue weighted by molar-refractivity contribution is -0.122. The van der Waals surface area contributed by atoms with Gasteiger partial charge in [0.1, 0.15) is 0 Å². The summed E-state index contributed by atoms with van der Waals surface area (Å²) in [5.41, 5.74) is 4.57. The second kappa shape index (κ2) is 10.2. The van der Waals surface area contributed by atoms with E-state index in [1.54, 1.807) is 24.4 Å². The van der Waals surface area contributed by atoms with Gasteiger partial charge in [-0.15, -0.1) is 0 Å². The van der Waals surface area contributed by atoms with Crippen LogP contribution in [0.5, 0.6) is 0 Å². The van der Waals surface area contributed by atoms with Crippen LogP contribution in [0.1, 0.15) is 11.1 Å². The van der Waals surface area contributed by atoms with Crippen LogP contribution in [-0.4, -0.2) is 54.6 Å². The quantitative estimate of drug-likeness (QED) is 0.548. The zero-order valence-electron chi connectivity index (χ0n) is 15.2. The van der Waals surface area contributed by atoms with E-state index in [9.17, 15) is 4.79 Å². The molecule has 0 spiro atoms. The topological polar surface area (TPSA) is 47.9 Å². The van der Waals surface area contributed by atoms with E-state index in [1.165, 1.54) is 5.56 Å². The lowest BCUT2D eigenvalue weighted by Gasteiger charge is -2.34. The van der Waals surface area contributed by atoms with E-state index in [4.69, 9.17) is 34.8 Å².